The Bertz CT molecular complexity index is 115. The summed E-state index contributed by atoms with van der Waals surface area (Å²) in [4.78, 5) is 0. The zero-order chi connectivity index (χ0) is 9.36. The highest BCUT2D eigenvalue weighted by Gasteiger charge is 2.12. The van der Waals surface area contributed by atoms with Gasteiger partial charge in [-0.05, 0) is 38.0 Å². The van der Waals surface area contributed by atoms with E-state index in [1.165, 1.54) is 25.0 Å². The first-order chi connectivity index (χ1) is 6.43. The number of nitrogens with one attached hydrogen (secondary N) is 1. The van der Waals surface area contributed by atoms with Gasteiger partial charge >= 0.3 is 0 Å². The van der Waals surface area contributed by atoms with Crippen LogP contribution in [-0.2, 0) is 0 Å². The summed E-state index contributed by atoms with van der Waals surface area (Å²) in [5.41, 5.74) is 0. The van der Waals surface area contributed by atoms with Crippen LogP contribution in [0.25, 0.3) is 0 Å². The van der Waals surface area contributed by atoms with E-state index in [0.717, 1.165) is 31.2 Å². The van der Waals surface area contributed by atoms with Gasteiger partial charge in [-0.2, -0.15) is 11.8 Å². The second-order valence-electron chi connectivity index (χ2n) is 3.62. The molecule has 0 aliphatic carbocycles. The maximum Gasteiger partial charge on any atom is 0.0431 e. The van der Waals surface area contributed by atoms with Gasteiger partial charge in [0.25, 0.3) is 0 Å². The summed E-state index contributed by atoms with van der Waals surface area (Å²) in [6.07, 6.45) is 6.25. The molecule has 0 aromatic carbocycles. The molecule has 1 aliphatic rings. The Morgan fingerprint density at radius 3 is 2.92 bits per heavy atom. The molecule has 0 aromatic heterocycles. The lowest BCUT2D eigenvalue weighted by Gasteiger charge is -2.21. The molecule has 1 rings (SSSR count). The van der Waals surface area contributed by atoms with Crippen LogP contribution < -0.4 is 5.32 Å². The van der Waals surface area contributed by atoms with Gasteiger partial charge < -0.3 is 10.4 Å². The number of rotatable bonds is 6. The van der Waals surface area contributed by atoms with Crippen molar-refractivity contribution in [2.24, 2.45) is 0 Å². The van der Waals surface area contributed by atoms with Gasteiger partial charge in [0.05, 0.1) is 0 Å². The van der Waals surface area contributed by atoms with Crippen LogP contribution in [0.2, 0.25) is 0 Å². The third-order valence-electron chi connectivity index (χ3n) is 2.41. The molecule has 0 saturated carbocycles. The normalized spacial score (nSPS) is 23.3. The van der Waals surface area contributed by atoms with E-state index in [9.17, 15) is 0 Å². The maximum absolute atomic E-state index is 8.58. The first-order valence-electron chi connectivity index (χ1n) is 5.36. The topological polar surface area (TPSA) is 32.3 Å². The molecule has 1 aliphatic heterocycles. The Balaban J connectivity index is 1.86. The average molecular weight is 203 g/mol. The van der Waals surface area contributed by atoms with Crippen molar-refractivity contribution < 1.29 is 5.11 Å². The van der Waals surface area contributed by atoms with Gasteiger partial charge in [-0.25, -0.2) is 0 Å². The van der Waals surface area contributed by atoms with Crippen molar-refractivity contribution >= 4 is 11.8 Å². The zero-order valence-electron chi connectivity index (χ0n) is 8.30. The van der Waals surface area contributed by atoms with Gasteiger partial charge in [-0.1, -0.05) is 6.42 Å². The zero-order valence-corrected chi connectivity index (χ0v) is 9.11. The SMILES string of the molecule is OCCCCNCC1CCCCS1. The van der Waals surface area contributed by atoms with Gasteiger partial charge in [0, 0.05) is 18.4 Å². The van der Waals surface area contributed by atoms with Crippen LogP contribution in [0.3, 0.4) is 0 Å². The van der Waals surface area contributed by atoms with Crippen LogP contribution in [0.15, 0.2) is 0 Å². The molecule has 0 radical (unpaired) electrons. The number of thioether (sulfide) groups is 1. The lowest BCUT2D eigenvalue weighted by molar-refractivity contribution is 0.283. The fourth-order valence-electron chi connectivity index (χ4n) is 1.59. The molecule has 1 unspecified atom stereocenters. The molecule has 0 bridgehead atoms. The lowest BCUT2D eigenvalue weighted by Crippen LogP contribution is -2.27. The number of hydrogen-bond acceptors (Lipinski definition) is 3. The number of hydrogen-bond donors (Lipinski definition) is 2. The highest BCUT2D eigenvalue weighted by molar-refractivity contribution is 7.99. The summed E-state index contributed by atoms with van der Waals surface area (Å²) in [5.74, 6) is 1.35. The lowest BCUT2D eigenvalue weighted by atomic mass is 10.2. The molecule has 2 nitrogen and oxygen atoms in total. The van der Waals surface area contributed by atoms with Crippen molar-refractivity contribution in [3.05, 3.63) is 0 Å². The average Bonchev–Trinajstić information content (AvgIpc) is 2.19. The summed E-state index contributed by atoms with van der Waals surface area (Å²) < 4.78 is 0. The van der Waals surface area contributed by atoms with Crippen molar-refractivity contribution in [2.45, 2.75) is 37.4 Å². The van der Waals surface area contributed by atoms with Crippen LogP contribution in [0.5, 0.6) is 0 Å². The summed E-state index contributed by atoms with van der Waals surface area (Å²) >= 11 is 2.12. The van der Waals surface area contributed by atoms with E-state index in [-0.39, 0.29) is 0 Å². The van der Waals surface area contributed by atoms with Crippen molar-refractivity contribution in [2.75, 3.05) is 25.4 Å². The van der Waals surface area contributed by atoms with Crippen LogP contribution >= 0.6 is 11.8 Å². The van der Waals surface area contributed by atoms with Gasteiger partial charge in [-0.3, -0.25) is 0 Å². The first kappa shape index (κ1) is 11.3. The molecule has 0 aromatic rings. The minimum Gasteiger partial charge on any atom is -0.396 e. The highest BCUT2D eigenvalue weighted by atomic mass is 32.2. The third-order valence-corrected chi connectivity index (χ3v) is 3.81. The summed E-state index contributed by atoms with van der Waals surface area (Å²) in [6, 6.07) is 0. The van der Waals surface area contributed by atoms with Crippen molar-refractivity contribution in [3.63, 3.8) is 0 Å². The second-order valence-corrected chi connectivity index (χ2v) is 5.03. The predicted octanol–water partition coefficient (Wildman–Crippen LogP) is 1.63. The standard InChI is InChI=1S/C10H21NOS/c12-7-3-2-6-11-9-10-5-1-4-8-13-10/h10-12H,1-9H2. The molecule has 13 heavy (non-hydrogen) atoms. The molecule has 1 fully saturated rings. The van der Waals surface area contributed by atoms with Gasteiger partial charge in [0.1, 0.15) is 0 Å². The second kappa shape index (κ2) is 7.65. The summed E-state index contributed by atoms with van der Waals surface area (Å²) in [6.45, 7) is 2.56. The fourth-order valence-corrected chi connectivity index (χ4v) is 2.87. The van der Waals surface area contributed by atoms with Crippen molar-refractivity contribution in [1.29, 1.82) is 0 Å². The summed E-state index contributed by atoms with van der Waals surface area (Å²) in [5, 5.41) is 12.9. The Kier molecular flexibility index (Phi) is 6.68. The minimum absolute atomic E-state index is 0.333. The van der Waals surface area contributed by atoms with Crippen LogP contribution in [0.4, 0.5) is 0 Å². The molecule has 1 saturated heterocycles. The van der Waals surface area contributed by atoms with Gasteiger partial charge in [-0.15, -0.1) is 0 Å². The minimum atomic E-state index is 0.333. The van der Waals surface area contributed by atoms with Crippen LogP contribution in [0.1, 0.15) is 32.1 Å². The van der Waals surface area contributed by atoms with Gasteiger partial charge in [0.15, 0.2) is 0 Å². The van der Waals surface area contributed by atoms with E-state index in [1.54, 1.807) is 0 Å². The predicted molar refractivity (Wildman–Crippen MR) is 59.3 cm³/mol. The van der Waals surface area contributed by atoms with E-state index >= 15 is 0 Å². The van der Waals surface area contributed by atoms with Gasteiger partial charge in [0.2, 0.25) is 0 Å². The Hall–Kier alpha value is 0.270. The van der Waals surface area contributed by atoms with E-state index < -0.39 is 0 Å². The molecule has 3 heteroatoms. The molecule has 1 heterocycles. The van der Waals surface area contributed by atoms with E-state index in [1.807, 2.05) is 0 Å². The first-order valence-corrected chi connectivity index (χ1v) is 6.41. The fraction of sp³-hybridized carbons (Fsp3) is 1.00. The van der Waals surface area contributed by atoms with E-state index in [2.05, 4.69) is 17.1 Å². The van der Waals surface area contributed by atoms with Crippen molar-refractivity contribution in [3.8, 4) is 0 Å². The Morgan fingerprint density at radius 2 is 2.23 bits per heavy atom. The van der Waals surface area contributed by atoms with Crippen LogP contribution in [0, 0.1) is 0 Å². The third kappa shape index (κ3) is 5.55. The van der Waals surface area contributed by atoms with E-state index in [0.29, 0.717) is 6.61 Å². The largest absolute Gasteiger partial charge is 0.396 e. The summed E-state index contributed by atoms with van der Waals surface area (Å²) in [7, 11) is 0. The van der Waals surface area contributed by atoms with Crippen molar-refractivity contribution in [1.82, 2.24) is 5.32 Å². The Morgan fingerprint density at radius 1 is 1.31 bits per heavy atom. The molecule has 1 atom stereocenters. The number of unbranched alkanes of at least 4 members (excludes halogenated alkanes) is 1. The molecule has 0 spiro atoms. The maximum atomic E-state index is 8.58. The highest BCUT2D eigenvalue weighted by Crippen LogP contribution is 2.24. The van der Waals surface area contributed by atoms with E-state index in [4.69, 9.17) is 5.11 Å². The molecule has 0 amide bonds. The smallest absolute Gasteiger partial charge is 0.0431 e. The number of aliphatic hydroxyl groups excluding tert-OH is 1. The quantitative estimate of drug-likeness (QED) is 0.644. The monoisotopic (exact) mass is 203 g/mol. The molecular weight excluding hydrogens is 182 g/mol. The molecule has 2 N–H and O–H groups in total. The van der Waals surface area contributed by atoms with Crippen LogP contribution in [-0.4, -0.2) is 35.8 Å². The molecule has 78 valence electrons. The Labute approximate surface area is 85.5 Å². The molecular formula is C10H21NOS. The number of aliphatic hydroxyl groups is 1.